The van der Waals surface area contributed by atoms with Crippen molar-refractivity contribution >= 4 is 16.8 Å². The highest BCUT2D eigenvalue weighted by atomic mass is 16.5. The third-order valence-electron chi connectivity index (χ3n) is 8.03. The molecule has 192 valence electrons. The highest BCUT2D eigenvalue weighted by Gasteiger charge is 2.30. The van der Waals surface area contributed by atoms with E-state index >= 15 is 0 Å². The predicted octanol–water partition coefficient (Wildman–Crippen LogP) is 4.47. The second-order valence-corrected chi connectivity index (χ2v) is 10.4. The topological polar surface area (TPSA) is 87.4 Å². The second-order valence-electron chi connectivity index (χ2n) is 10.4. The van der Waals surface area contributed by atoms with E-state index in [2.05, 4.69) is 57.0 Å². The Labute approximate surface area is 215 Å². The molecule has 6 rings (SSSR count). The zero-order valence-electron chi connectivity index (χ0n) is 21.3. The molecule has 0 radical (unpaired) electrons. The highest BCUT2D eigenvalue weighted by molar-refractivity contribution is 6.02. The summed E-state index contributed by atoms with van der Waals surface area (Å²) in [6.45, 7) is 3.55. The van der Waals surface area contributed by atoms with Crippen molar-refractivity contribution in [3.63, 3.8) is 0 Å². The summed E-state index contributed by atoms with van der Waals surface area (Å²) in [6.07, 6.45) is 5.84. The minimum absolute atomic E-state index is 0.137. The van der Waals surface area contributed by atoms with E-state index in [-0.39, 0.29) is 12.5 Å². The number of likely N-dealkylation sites (N-methyl/N-ethyl adjacent to an activating group) is 1. The predicted molar refractivity (Wildman–Crippen MR) is 143 cm³/mol. The van der Waals surface area contributed by atoms with E-state index in [1.807, 2.05) is 23.1 Å². The van der Waals surface area contributed by atoms with E-state index in [0.717, 1.165) is 66.7 Å². The van der Waals surface area contributed by atoms with Crippen LogP contribution in [-0.2, 0) is 11.3 Å². The van der Waals surface area contributed by atoms with Crippen LogP contribution in [0.15, 0.2) is 57.8 Å². The number of piperazine rings is 1. The second kappa shape index (κ2) is 10.0. The van der Waals surface area contributed by atoms with Crippen LogP contribution in [0.4, 0.5) is 0 Å². The summed E-state index contributed by atoms with van der Waals surface area (Å²) >= 11 is 0. The first-order chi connectivity index (χ1) is 18.1. The van der Waals surface area contributed by atoms with Gasteiger partial charge in [0, 0.05) is 37.1 Å². The van der Waals surface area contributed by atoms with Crippen LogP contribution in [0.3, 0.4) is 0 Å². The number of hydrogen-bond acceptors (Lipinski definition) is 5. The minimum Gasteiger partial charge on any atom is -0.339 e. The Hall–Kier alpha value is -3.65. The Morgan fingerprint density at radius 1 is 1.00 bits per heavy atom. The van der Waals surface area contributed by atoms with Gasteiger partial charge in [0.05, 0.1) is 11.2 Å². The van der Waals surface area contributed by atoms with Gasteiger partial charge >= 0.3 is 5.76 Å². The molecular formula is C29H33N5O3. The summed E-state index contributed by atoms with van der Waals surface area (Å²) < 4.78 is 7.10. The molecule has 1 aliphatic heterocycles. The molecule has 1 amide bonds. The van der Waals surface area contributed by atoms with Crippen molar-refractivity contribution in [3.05, 3.63) is 64.6 Å². The maximum absolute atomic E-state index is 13.7. The Kier molecular flexibility index (Phi) is 6.42. The standard InChI is InChI=1S/C29H33N5O3/c1-32-15-17-33(18-16-32)24(35)19-34-23-14-8-13-22(28-30-29(36)37-31-28)26(23)25(20-9-4-2-5-10-20)27(34)21-11-6-3-7-12-21/h3,6-8,11-14,20H,2,4-5,9-10,15-19H2,1H3,(H,30,31,36). The average molecular weight is 500 g/mol. The van der Waals surface area contributed by atoms with Crippen LogP contribution in [0.1, 0.15) is 43.6 Å². The molecule has 2 aromatic carbocycles. The van der Waals surface area contributed by atoms with E-state index in [9.17, 15) is 9.59 Å². The Morgan fingerprint density at radius 2 is 1.76 bits per heavy atom. The molecular weight excluding hydrogens is 466 g/mol. The number of fused-ring (bicyclic) bond motifs is 1. The van der Waals surface area contributed by atoms with Crippen LogP contribution in [0, 0.1) is 0 Å². The number of aromatic nitrogens is 3. The van der Waals surface area contributed by atoms with Crippen molar-refractivity contribution < 1.29 is 9.32 Å². The molecule has 0 bridgehead atoms. The molecule has 2 aliphatic rings. The fraction of sp³-hybridized carbons (Fsp3) is 0.414. The molecule has 1 saturated carbocycles. The van der Waals surface area contributed by atoms with Gasteiger partial charge in [-0.3, -0.25) is 14.3 Å². The Balaban J connectivity index is 1.58. The molecule has 0 unspecified atom stereocenters. The number of nitrogens with zero attached hydrogens (tertiary/aromatic N) is 4. The number of aromatic amines is 1. The fourth-order valence-corrected chi connectivity index (χ4v) is 6.13. The first kappa shape index (κ1) is 23.7. The molecule has 0 spiro atoms. The van der Waals surface area contributed by atoms with Gasteiger partial charge in [0.1, 0.15) is 6.54 Å². The molecule has 3 heterocycles. The molecule has 1 saturated heterocycles. The van der Waals surface area contributed by atoms with Gasteiger partial charge in [-0.05, 0) is 43.0 Å². The Morgan fingerprint density at radius 3 is 2.46 bits per heavy atom. The molecule has 37 heavy (non-hydrogen) atoms. The van der Waals surface area contributed by atoms with Gasteiger partial charge in [-0.1, -0.05) is 66.9 Å². The van der Waals surface area contributed by atoms with Crippen LogP contribution in [0.25, 0.3) is 33.5 Å². The van der Waals surface area contributed by atoms with Gasteiger partial charge in [0.2, 0.25) is 5.91 Å². The number of amides is 1. The first-order valence-corrected chi connectivity index (χ1v) is 13.3. The molecule has 2 fully saturated rings. The summed E-state index contributed by atoms with van der Waals surface area (Å²) in [5, 5.41) is 5.10. The van der Waals surface area contributed by atoms with Crippen LogP contribution in [0.5, 0.6) is 0 Å². The molecule has 0 atom stereocenters. The monoisotopic (exact) mass is 499 g/mol. The maximum Gasteiger partial charge on any atom is 0.439 e. The lowest BCUT2D eigenvalue weighted by molar-refractivity contribution is -0.133. The lowest BCUT2D eigenvalue weighted by Gasteiger charge is -2.32. The van der Waals surface area contributed by atoms with E-state index in [0.29, 0.717) is 11.7 Å². The summed E-state index contributed by atoms with van der Waals surface area (Å²) in [5.74, 6) is 0.359. The van der Waals surface area contributed by atoms with Crippen molar-refractivity contribution in [1.82, 2.24) is 24.5 Å². The van der Waals surface area contributed by atoms with Crippen LogP contribution >= 0.6 is 0 Å². The van der Waals surface area contributed by atoms with E-state index in [4.69, 9.17) is 4.52 Å². The largest absolute Gasteiger partial charge is 0.439 e. The summed E-state index contributed by atoms with van der Waals surface area (Å²) in [6, 6.07) is 16.5. The van der Waals surface area contributed by atoms with Crippen molar-refractivity contribution in [1.29, 1.82) is 0 Å². The molecule has 1 N–H and O–H groups in total. The Bertz CT molecular complexity index is 1450. The van der Waals surface area contributed by atoms with Crippen LogP contribution in [-0.4, -0.2) is 63.6 Å². The molecule has 4 aromatic rings. The van der Waals surface area contributed by atoms with Crippen molar-refractivity contribution in [2.24, 2.45) is 0 Å². The number of H-pyrrole nitrogens is 1. The number of nitrogens with one attached hydrogen (secondary N) is 1. The van der Waals surface area contributed by atoms with Gasteiger partial charge in [0.25, 0.3) is 0 Å². The summed E-state index contributed by atoms with van der Waals surface area (Å²) in [5.41, 5.74) is 5.29. The lowest BCUT2D eigenvalue weighted by atomic mass is 9.81. The molecule has 8 heteroatoms. The van der Waals surface area contributed by atoms with Crippen molar-refractivity contribution in [2.45, 2.75) is 44.6 Å². The fourth-order valence-electron chi connectivity index (χ4n) is 6.13. The zero-order chi connectivity index (χ0) is 25.4. The van der Waals surface area contributed by atoms with Crippen LogP contribution < -0.4 is 5.76 Å². The highest BCUT2D eigenvalue weighted by Crippen LogP contribution is 2.46. The van der Waals surface area contributed by atoms with Crippen LogP contribution in [0.2, 0.25) is 0 Å². The summed E-state index contributed by atoms with van der Waals surface area (Å²) in [4.78, 5) is 32.5. The molecule has 1 aliphatic carbocycles. The number of rotatable bonds is 5. The third kappa shape index (κ3) is 4.50. The minimum atomic E-state index is -0.570. The quantitative estimate of drug-likeness (QED) is 0.438. The third-order valence-corrected chi connectivity index (χ3v) is 8.03. The first-order valence-electron chi connectivity index (χ1n) is 13.3. The van der Waals surface area contributed by atoms with Gasteiger partial charge in [-0.15, -0.1) is 0 Å². The normalized spacial score (nSPS) is 17.5. The van der Waals surface area contributed by atoms with Crippen molar-refractivity contribution in [3.8, 4) is 22.6 Å². The van der Waals surface area contributed by atoms with Gasteiger partial charge in [-0.2, -0.15) is 0 Å². The maximum atomic E-state index is 13.7. The van der Waals surface area contributed by atoms with Gasteiger partial charge in [0.15, 0.2) is 5.82 Å². The van der Waals surface area contributed by atoms with E-state index in [1.165, 1.54) is 24.8 Å². The zero-order valence-corrected chi connectivity index (χ0v) is 21.3. The average Bonchev–Trinajstić information content (AvgIpc) is 3.51. The van der Waals surface area contributed by atoms with E-state index in [1.54, 1.807) is 0 Å². The van der Waals surface area contributed by atoms with Gasteiger partial charge in [-0.25, -0.2) is 4.79 Å². The van der Waals surface area contributed by atoms with Gasteiger partial charge < -0.3 is 14.4 Å². The molecule has 8 nitrogen and oxygen atoms in total. The van der Waals surface area contributed by atoms with Crippen molar-refractivity contribution in [2.75, 3.05) is 33.2 Å². The lowest BCUT2D eigenvalue weighted by Crippen LogP contribution is -2.48. The smallest absolute Gasteiger partial charge is 0.339 e. The SMILES string of the molecule is CN1CCN(C(=O)Cn2c(-c3ccccc3)c(C3CCCCC3)c3c(-c4noc(=O)[nH]4)cccc32)CC1. The number of carbonyl (C=O) groups is 1. The summed E-state index contributed by atoms with van der Waals surface area (Å²) in [7, 11) is 2.10. The van der Waals surface area contributed by atoms with E-state index < -0.39 is 5.76 Å². The number of carbonyl (C=O) groups excluding carboxylic acids is 1. The number of hydrogen-bond donors (Lipinski definition) is 1. The number of benzene rings is 2. The molecule has 2 aromatic heterocycles.